The molecule has 0 radical (unpaired) electrons. The fourth-order valence-electron chi connectivity index (χ4n) is 2.30. The molecule has 0 bridgehead atoms. The van der Waals surface area contributed by atoms with Gasteiger partial charge in [-0.1, -0.05) is 25.1 Å². The van der Waals surface area contributed by atoms with E-state index < -0.39 is 5.97 Å². The summed E-state index contributed by atoms with van der Waals surface area (Å²) >= 11 is 0. The normalized spacial score (nSPS) is 23.3. The standard InChI is InChI=1S/C12H15NO2/c1-2-10-9(7-12(14)15)8-5-3-4-6-11(8)13-10/h3-6,9-10,13H,2,7H2,1H3,(H,14,15). The number of fused-ring (bicyclic) bond motifs is 1. The van der Waals surface area contributed by atoms with E-state index in [-0.39, 0.29) is 18.4 Å². The molecule has 1 aliphatic rings. The molecule has 2 rings (SSSR count). The van der Waals surface area contributed by atoms with Crippen molar-refractivity contribution in [3.05, 3.63) is 29.8 Å². The Bertz CT molecular complexity index is 376. The second-order valence-electron chi connectivity index (χ2n) is 3.95. The van der Waals surface area contributed by atoms with Crippen LogP contribution in [0.3, 0.4) is 0 Å². The zero-order valence-electron chi connectivity index (χ0n) is 8.73. The smallest absolute Gasteiger partial charge is 0.304 e. The summed E-state index contributed by atoms with van der Waals surface area (Å²) < 4.78 is 0. The van der Waals surface area contributed by atoms with E-state index in [1.165, 1.54) is 0 Å². The molecular formula is C12H15NO2. The highest BCUT2D eigenvalue weighted by molar-refractivity contribution is 5.71. The zero-order valence-corrected chi connectivity index (χ0v) is 8.73. The molecule has 2 N–H and O–H groups in total. The number of anilines is 1. The van der Waals surface area contributed by atoms with Gasteiger partial charge < -0.3 is 10.4 Å². The summed E-state index contributed by atoms with van der Waals surface area (Å²) in [6, 6.07) is 8.24. The van der Waals surface area contributed by atoms with E-state index >= 15 is 0 Å². The first-order valence-electron chi connectivity index (χ1n) is 5.29. The molecule has 0 spiro atoms. The molecule has 0 saturated carbocycles. The fourth-order valence-corrected chi connectivity index (χ4v) is 2.30. The van der Waals surface area contributed by atoms with Gasteiger partial charge in [0.05, 0.1) is 6.42 Å². The number of hydrogen-bond donors (Lipinski definition) is 2. The molecular weight excluding hydrogens is 190 g/mol. The lowest BCUT2D eigenvalue weighted by atomic mass is 9.91. The van der Waals surface area contributed by atoms with E-state index in [1.807, 2.05) is 24.3 Å². The number of rotatable bonds is 3. The molecule has 0 aliphatic carbocycles. The molecule has 1 heterocycles. The van der Waals surface area contributed by atoms with Crippen molar-refractivity contribution < 1.29 is 9.90 Å². The number of benzene rings is 1. The number of aliphatic carboxylic acids is 1. The Morgan fingerprint density at radius 1 is 1.47 bits per heavy atom. The van der Waals surface area contributed by atoms with Gasteiger partial charge >= 0.3 is 5.97 Å². The van der Waals surface area contributed by atoms with Crippen LogP contribution in [-0.4, -0.2) is 17.1 Å². The third-order valence-corrected chi connectivity index (χ3v) is 3.02. The predicted molar refractivity (Wildman–Crippen MR) is 59.1 cm³/mol. The molecule has 2 unspecified atom stereocenters. The second-order valence-corrected chi connectivity index (χ2v) is 3.95. The van der Waals surface area contributed by atoms with Crippen molar-refractivity contribution in [2.24, 2.45) is 0 Å². The van der Waals surface area contributed by atoms with Crippen molar-refractivity contribution in [3.63, 3.8) is 0 Å². The van der Waals surface area contributed by atoms with Crippen LogP contribution in [0, 0.1) is 0 Å². The van der Waals surface area contributed by atoms with Crippen molar-refractivity contribution in [2.75, 3.05) is 5.32 Å². The van der Waals surface area contributed by atoms with Gasteiger partial charge in [-0.2, -0.15) is 0 Å². The average molecular weight is 205 g/mol. The van der Waals surface area contributed by atoms with Crippen LogP contribution in [0.1, 0.15) is 31.2 Å². The molecule has 0 amide bonds. The Labute approximate surface area is 89.1 Å². The van der Waals surface area contributed by atoms with Crippen LogP contribution in [0.5, 0.6) is 0 Å². The number of carboxylic acid groups (broad SMARTS) is 1. The van der Waals surface area contributed by atoms with Crippen molar-refractivity contribution in [1.82, 2.24) is 0 Å². The molecule has 3 nitrogen and oxygen atoms in total. The Kier molecular flexibility index (Phi) is 2.62. The maximum atomic E-state index is 10.8. The highest BCUT2D eigenvalue weighted by Crippen LogP contribution is 2.38. The summed E-state index contributed by atoms with van der Waals surface area (Å²) in [7, 11) is 0. The van der Waals surface area contributed by atoms with Gasteiger partial charge in [0, 0.05) is 17.6 Å². The van der Waals surface area contributed by atoms with Crippen LogP contribution in [0.15, 0.2) is 24.3 Å². The number of para-hydroxylation sites is 1. The maximum Gasteiger partial charge on any atom is 0.304 e. The van der Waals surface area contributed by atoms with Crippen molar-refractivity contribution >= 4 is 11.7 Å². The van der Waals surface area contributed by atoms with Crippen LogP contribution in [0.25, 0.3) is 0 Å². The first-order valence-corrected chi connectivity index (χ1v) is 5.29. The predicted octanol–water partition coefficient (Wildman–Crippen LogP) is 2.45. The highest BCUT2D eigenvalue weighted by Gasteiger charge is 2.31. The zero-order chi connectivity index (χ0) is 10.8. The SMILES string of the molecule is CCC1Nc2ccccc2C1CC(=O)O. The van der Waals surface area contributed by atoms with Gasteiger partial charge in [0.1, 0.15) is 0 Å². The molecule has 80 valence electrons. The molecule has 15 heavy (non-hydrogen) atoms. The Hall–Kier alpha value is -1.51. The molecule has 2 atom stereocenters. The molecule has 0 aromatic heterocycles. The van der Waals surface area contributed by atoms with E-state index in [0.717, 1.165) is 17.7 Å². The van der Waals surface area contributed by atoms with E-state index in [1.54, 1.807) is 0 Å². The number of nitrogens with one attached hydrogen (secondary N) is 1. The number of carboxylic acids is 1. The van der Waals surface area contributed by atoms with Gasteiger partial charge in [-0.25, -0.2) is 0 Å². The van der Waals surface area contributed by atoms with Crippen molar-refractivity contribution in [3.8, 4) is 0 Å². The van der Waals surface area contributed by atoms with Gasteiger partial charge in [0.15, 0.2) is 0 Å². The van der Waals surface area contributed by atoms with Gasteiger partial charge in [-0.15, -0.1) is 0 Å². The summed E-state index contributed by atoms with van der Waals surface area (Å²) in [4.78, 5) is 10.8. The quantitative estimate of drug-likeness (QED) is 0.796. The minimum atomic E-state index is -0.725. The molecule has 1 aromatic carbocycles. The van der Waals surface area contributed by atoms with E-state index in [9.17, 15) is 4.79 Å². The number of hydrogen-bond acceptors (Lipinski definition) is 2. The molecule has 0 saturated heterocycles. The summed E-state index contributed by atoms with van der Waals surface area (Å²) in [6.45, 7) is 2.08. The largest absolute Gasteiger partial charge is 0.481 e. The van der Waals surface area contributed by atoms with Crippen LogP contribution >= 0.6 is 0 Å². The van der Waals surface area contributed by atoms with Crippen LogP contribution in [0.2, 0.25) is 0 Å². The molecule has 1 aliphatic heterocycles. The molecule has 1 aromatic rings. The minimum absolute atomic E-state index is 0.115. The summed E-state index contributed by atoms with van der Waals surface area (Å²) in [5.41, 5.74) is 2.24. The third-order valence-electron chi connectivity index (χ3n) is 3.02. The van der Waals surface area contributed by atoms with Gasteiger partial charge in [-0.3, -0.25) is 4.79 Å². The average Bonchev–Trinajstić information content (AvgIpc) is 2.56. The van der Waals surface area contributed by atoms with E-state index in [0.29, 0.717) is 0 Å². The van der Waals surface area contributed by atoms with Crippen LogP contribution in [-0.2, 0) is 4.79 Å². The Balaban J connectivity index is 2.29. The third kappa shape index (κ3) is 1.82. The first-order chi connectivity index (χ1) is 7.22. The Morgan fingerprint density at radius 3 is 2.87 bits per heavy atom. The topological polar surface area (TPSA) is 49.3 Å². The molecule has 0 fully saturated rings. The Morgan fingerprint density at radius 2 is 2.20 bits per heavy atom. The van der Waals surface area contributed by atoms with Crippen molar-refractivity contribution in [1.29, 1.82) is 0 Å². The van der Waals surface area contributed by atoms with Gasteiger partial charge in [0.2, 0.25) is 0 Å². The van der Waals surface area contributed by atoms with Crippen LogP contribution < -0.4 is 5.32 Å². The lowest BCUT2D eigenvalue weighted by Crippen LogP contribution is -2.21. The lowest BCUT2D eigenvalue weighted by molar-refractivity contribution is -0.137. The van der Waals surface area contributed by atoms with Crippen molar-refractivity contribution in [2.45, 2.75) is 31.7 Å². The first kappa shape index (κ1) is 10.0. The van der Waals surface area contributed by atoms with E-state index in [4.69, 9.17) is 5.11 Å². The van der Waals surface area contributed by atoms with Gasteiger partial charge in [-0.05, 0) is 18.1 Å². The van der Waals surface area contributed by atoms with E-state index in [2.05, 4.69) is 12.2 Å². The second kappa shape index (κ2) is 3.93. The lowest BCUT2D eigenvalue weighted by Gasteiger charge is -2.16. The fraction of sp³-hybridized carbons (Fsp3) is 0.417. The molecule has 3 heteroatoms. The minimum Gasteiger partial charge on any atom is -0.481 e. The summed E-state index contributed by atoms with van der Waals surface area (Å²) in [5, 5.41) is 12.3. The van der Waals surface area contributed by atoms with Crippen LogP contribution in [0.4, 0.5) is 5.69 Å². The number of carbonyl (C=O) groups is 1. The summed E-state index contributed by atoms with van der Waals surface area (Å²) in [5.74, 6) is -0.611. The maximum absolute atomic E-state index is 10.8. The highest BCUT2D eigenvalue weighted by atomic mass is 16.4. The monoisotopic (exact) mass is 205 g/mol. The summed E-state index contributed by atoms with van der Waals surface area (Å²) in [6.07, 6.45) is 1.16. The van der Waals surface area contributed by atoms with Gasteiger partial charge in [0.25, 0.3) is 0 Å².